The molecule has 0 saturated carbocycles. The molecule has 2 atom stereocenters. The maximum Gasteiger partial charge on any atom is 0.260 e. The largest absolute Gasteiger partial charge is 0.305 e. The molecular weight excluding hydrogens is 386 g/mol. The lowest BCUT2D eigenvalue weighted by Gasteiger charge is -2.43. The first-order valence-corrected chi connectivity index (χ1v) is 10.7. The van der Waals surface area contributed by atoms with Crippen LogP contribution in [0.15, 0.2) is 72.9 Å². The number of pyridine rings is 1. The molecule has 5 heteroatoms. The Morgan fingerprint density at radius 1 is 1.03 bits per heavy atom. The summed E-state index contributed by atoms with van der Waals surface area (Å²) >= 11 is 0. The molecule has 2 heterocycles. The van der Waals surface area contributed by atoms with E-state index in [-0.39, 0.29) is 23.9 Å². The number of hydrogen-bond acceptors (Lipinski definition) is 3. The smallest absolute Gasteiger partial charge is 0.260 e. The van der Waals surface area contributed by atoms with Crippen molar-refractivity contribution in [3.8, 4) is 0 Å². The van der Waals surface area contributed by atoms with E-state index >= 15 is 0 Å². The van der Waals surface area contributed by atoms with Crippen LogP contribution in [0.4, 0.5) is 11.4 Å². The van der Waals surface area contributed by atoms with Gasteiger partial charge in [0.1, 0.15) is 0 Å². The van der Waals surface area contributed by atoms with Gasteiger partial charge < -0.3 is 9.80 Å². The molecule has 0 fully saturated rings. The van der Waals surface area contributed by atoms with Crippen LogP contribution in [0, 0.1) is 6.92 Å². The predicted molar refractivity (Wildman–Crippen MR) is 123 cm³/mol. The number of carbonyl (C=O) groups is 2. The van der Waals surface area contributed by atoms with Crippen LogP contribution in [0.2, 0.25) is 0 Å². The third kappa shape index (κ3) is 3.96. The zero-order valence-electron chi connectivity index (χ0n) is 18.2. The summed E-state index contributed by atoms with van der Waals surface area (Å²) in [5, 5.41) is 0. The third-order valence-corrected chi connectivity index (χ3v) is 5.85. The highest BCUT2D eigenvalue weighted by Gasteiger charge is 2.38. The molecule has 0 N–H and O–H groups in total. The number of fused-ring (bicyclic) bond motifs is 1. The molecule has 5 nitrogen and oxygen atoms in total. The maximum absolute atomic E-state index is 13.4. The summed E-state index contributed by atoms with van der Waals surface area (Å²) in [6.45, 7) is 5.83. The van der Waals surface area contributed by atoms with Gasteiger partial charge in [-0.05, 0) is 56.2 Å². The van der Waals surface area contributed by atoms with E-state index in [1.807, 2.05) is 97.3 Å². The van der Waals surface area contributed by atoms with Crippen molar-refractivity contribution < 1.29 is 9.59 Å². The van der Waals surface area contributed by atoms with Crippen molar-refractivity contribution in [2.45, 2.75) is 45.7 Å². The minimum absolute atomic E-state index is 0.0701. The molecule has 0 aliphatic carbocycles. The molecule has 0 radical (unpaired) electrons. The molecule has 2 amide bonds. The summed E-state index contributed by atoms with van der Waals surface area (Å²) in [7, 11) is 0. The second-order valence-corrected chi connectivity index (χ2v) is 7.98. The summed E-state index contributed by atoms with van der Waals surface area (Å²) in [5.41, 5.74) is 4.15. The Hall–Kier alpha value is -3.47. The van der Waals surface area contributed by atoms with Crippen molar-refractivity contribution in [3.63, 3.8) is 0 Å². The van der Waals surface area contributed by atoms with Gasteiger partial charge in [-0.2, -0.15) is 0 Å². The molecule has 1 aliphatic rings. The van der Waals surface area contributed by atoms with Crippen LogP contribution >= 0.6 is 0 Å². The van der Waals surface area contributed by atoms with Gasteiger partial charge in [0.05, 0.1) is 11.6 Å². The number of carbonyl (C=O) groups excluding carboxylic acids is 2. The van der Waals surface area contributed by atoms with Crippen LogP contribution in [0.1, 0.15) is 54.3 Å². The molecular formula is C26H27N3O2. The van der Waals surface area contributed by atoms with Crippen LogP contribution in [-0.4, -0.2) is 22.8 Å². The highest BCUT2D eigenvalue weighted by Crippen LogP contribution is 2.42. The van der Waals surface area contributed by atoms with Gasteiger partial charge in [-0.3, -0.25) is 14.6 Å². The monoisotopic (exact) mass is 413 g/mol. The second-order valence-electron chi connectivity index (χ2n) is 7.98. The van der Waals surface area contributed by atoms with Crippen molar-refractivity contribution in [1.82, 2.24) is 4.98 Å². The number of rotatable bonds is 4. The molecule has 0 bridgehead atoms. The molecule has 31 heavy (non-hydrogen) atoms. The molecule has 0 unspecified atom stereocenters. The Kier molecular flexibility index (Phi) is 5.85. The molecule has 2 aromatic carbocycles. The summed E-state index contributed by atoms with van der Waals surface area (Å²) in [6.07, 6.45) is 2.71. The van der Waals surface area contributed by atoms with E-state index in [2.05, 4.69) is 4.98 Å². The third-order valence-electron chi connectivity index (χ3n) is 5.85. The quantitative estimate of drug-likeness (QED) is 0.582. The van der Waals surface area contributed by atoms with Crippen LogP contribution in [0.5, 0.6) is 0 Å². The van der Waals surface area contributed by atoms with E-state index in [1.165, 1.54) is 0 Å². The first-order chi connectivity index (χ1) is 15.0. The van der Waals surface area contributed by atoms with E-state index in [0.717, 1.165) is 22.6 Å². The Morgan fingerprint density at radius 3 is 2.42 bits per heavy atom. The van der Waals surface area contributed by atoms with E-state index in [9.17, 15) is 9.59 Å². The highest BCUT2D eigenvalue weighted by molar-refractivity contribution is 6.07. The summed E-state index contributed by atoms with van der Waals surface area (Å²) in [6, 6.07) is 21.1. The fourth-order valence-electron chi connectivity index (χ4n) is 4.33. The van der Waals surface area contributed by atoms with Gasteiger partial charge >= 0.3 is 0 Å². The van der Waals surface area contributed by atoms with Gasteiger partial charge in [-0.15, -0.1) is 0 Å². The molecule has 4 rings (SSSR count). The Bertz CT molecular complexity index is 1080. The van der Waals surface area contributed by atoms with Gasteiger partial charge in [0.15, 0.2) is 0 Å². The van der Waals surface area contributed by atoms with Gasteiger partial charge in [-0.1, -0.05) is 43.3 Å². The first kappa shape index (κ1) is 20.8. The van der Waals surface area contributed by atoms with Crippen LogP contribution < -0.4 is 9.80 Å². The Labute approximate surface area is 183 Å². The zero-order chi connectivity index (χ0) is 22.0. The Balaban J connectivity index is 1.78. The van der Waals surface area contributed by atoms with Crippen LogP contribution in [-0.2, 0) is 4.79 Å². The van der Waals surface area contributed by atoms with Crippen LogP contribution in [0.3, 0.4) is 0 Å². The van der Waals surface area contributed by atoms with Gasteiger partial charge in [0, 0.05) is 35.7 Å². The number of benzene rings is 2. The van der Waals surface area contributed by atoms with Crippen molar-refractivity contribution in [1.29, 1.82) is 0 Å². The predicted octanol–water partition coefficient (Wildman–Crippen LogP) is 5.31. The number of aromatic nitrogens is 1. The summed E-state index contributed by atoms with van der Waals surface area (Å²) in [5.74, 6) is -0.000284. The number of anilines is 2. The van der Waals surface area contributed by atoms with E-state index in [0.29, 0.717) is 18.4 Å². The van der Waals surface area contributed by atoms with Crippen LogP contribution in [0.25, 0.3) is 0 Å². The van der Waals surface area contributed by atoms with Crippen molar-refractivity contribution in [3.05, 3.63) is 89.7 Å². The fraction of sp³-hybridized carbons (Fsp3) is 0.269. The lowest BCUT2D eigenvalue weighted by molar-refractivity contribution is -0.118. The van der Waals surface area contributed by atoms with Gasteiger partial charge in [-0.25, -0.2) is 0 Å². The number of nitrogens with zero attached hydrogens (tertiary/aromatic N) is 3. The van der Waals surface area contributed by atoms with E-state index in [4.69, 9.17) is 0 Å². The van der Waals surface area contributed by atoms with Crippen molar-refractivity contribution in [2.75, 3.05) is 9.80 Å². The normalized spacial score (nSPS) is 17.7. The molecule has 158 valence electrons. The average molecular weight is 414 g/mol. The highest BCUT2D eigenvalue weighted by atomic mass is 16.2. The average Bonchev–Trinajstić information content (AvgIpc) is 2.80. The van der Waals surface area contributed by atoms with Crippen molar-refractivity contribution in [2.24, 2.45) is 0 Å². The van der Waals surface area contributed by atoms with E-state index < -0.39 is 0 Å². The minimum Gasteiger partial charge on any atom is -0.305 e. The lowest BCUT2D eigenvalue weighted by atomic mass is 9.89. The van der Waals surface area contributed by atoms with Crippen molar-refractivity contribution >= 4 is 23.2 Å². The molecule has 1 aromatic heterocycles. The molecule has 0 saturated heterocycles. The minimum atomic E-state index is -0.138. The number of amides is 2. The lowest BCUT2D eigenvalue weighted by Crippen LogP contribution is -2.47. The maximum atomic E-state index is 13.4. The SMILES string of the molecule is CCC(=O)N(c1ccccc1)[C@H]1C[C@@H](C)N(C(=O)c2ccc(C)nc2)c2ccccc21. The zero-order valence-corrected chi connectivity index (χ0v) is 18.2. The van der Waals surface area contributed by atoms with Gasteiger partial charge in [0.25, 0.3) is 5.91 Å². The summed E-state index contributed by atoms with van der Waals surface area (Å²) in [4.78, 5) is 34.5. The topological polar surface area (TPSA) is 53.5 Å². The Morgan fingerprint density at radius 2 is 1.74 bits per heavy atom. The van der Waals surface area contributed by atoms with E-state index in [1.54, 1.807) is 6.20 Å². The molecule has 0 spiro atoms. The second kappa shape index (κ2) is 8.72. The number of aryl methyl sites for hydroxylation is 1. The standard InChI is InChI=1S/C26H27N3O2/c1-4-25(30)29(21-10-6-5-7-11-21)24-16-19(3)28(23-13-9-8-12-22(23)24)26(31)20-15-14-18(2)27-17-20/h5-15,17,19,24H,4,16H2,1-3H3/t19-,24+/m1/s1. The molecule has 3 aromatic rings. The van der Waals surface area contributed by atoms with Gasteiger partial charge in [0.2, 0.25) is 5.91 Å². The number of para-hydroxylation sites is 2. The summed E-state index contributed by atoms with van der Waals surface area (Å²) < 4.78 is 0. The first-order valence-electron chi connectivity index (χ1n) is 10.7. The number of hydrogen-bond donors (Lipinski definition) is 0. The molecule has 1 aliphatic heterocycles. The fourth-order valence-corrected chi connectivity index (χ4v) is 4.33.